The first-order valence-corrected chi connectivity index (χ1v) is 9.37. The molecule has 27 heavy (non-hydrogen) atoms. The highest BCUT2D eigenvalue weighted by Crippen LogP contribution is 2.55. The van der Waals surface area contributed by atoms with Crippen molar-refractivity contribution in [3.63, 3.8) is 0 Å². The van der Waals surface area contributed by atoms with Crippen LogP contribution in [0.25, 0.3) is 21.9 Å². The lowest BCUT2D eigenvalue weighted by Gasteiger charge is -2.32. The van der Waals surface area contributed by atoms with E-state index < -0.39 is 11.1 Å². The number of hydrogen-bond donors (Lipinski definition) is 1. The lowest BCUT2D eigenvalue weighted by atomic mass is 9.79. The Morgan fingerprint density at radius 2 is 1.78 bits per heavy atom. The Labute approximate surface area is 157 Å². The summed E-state index contributed by atoms with van der Waals surface area (Å²) in [5.41, 5.74) is 1.18. The molecule has 1 aliphatic heterocycles. The van der Waals surface area contributed by atoms with Crippen LogP contribution in [0.1, 0.15) is 31.0 Å². The van der Waals surface area contributed by atoms with Gasteiger partial charge >= 0.3 is 0 Å². The van der Waals surface area contributed by atoms with E-state index in [1.165, 1.54) is 4.57 Å². The summed E-state index contributed by atoms with van der Waals surface area (Å²) in [4.78, 5) is 26.1. The number of carbonyl (C=O) groups is 1. The van der Waals surface area contributed by atoms with Gasteiger partial charge in [0.1, 0.15) is 5.78 Å². The maximum absolute atomic E-state index is 13.4. The van der Waals surface area contributed by atoms with Crippen molar-refractivity contribution in [3.05, 3.63) is 70.1 Å². The third-order valence-electron chi connectivity index (χ3n) is 6.59. The molecule has 0 unspecified atom stereocenters. The highest BCUT2D eigenvalue weighted by atomic mass is 16.3. The van der Waals surface area contributed by atoms with E-state index >= 15 is 0 Å². The lowest BCUT2D eigenvalue weighted by molar-refractivity contribution is -0.142. The van der Waals surface area contributed by atoms with Crippen LogP contribution < -0.4 is 5.56 Å². The van der Waals surface area contributed by atoms with Gasteiger partial charge in [-0.05, 0) is 30.9 Å². The molecule has 2 heterocycles. The summed E-state index contributed by atoms with van der Waals surface area (Å²) < 4.78 is 1.53. The summed E-state index contributed by atoms with van der Waals surface area (Å²) in [6.07, 6.45) is 0.984. The summed E-state index contributed by atoms with van der Waals surface area (Å²) in [6.45, 7) is 3.81. The zero-order valence-electron chi connectivity index (χ0n) is 15.5. The van der Waals surface area contributed by atoms with E-state index in [2.05, 4.69) is 0 Å². The van der Waals surface area contributed by atoms with Crippen LogP contribution in [0.15, 0.2) is 53.3 Å². The zero-order valence-corrected chi connectivity index (χ0v) is 15.5. The molecule has 1 N–H and O–H groups in total. The number of nitrogens with zero attached hydrogens (tertiary/aromatic N) is 1. The average molecular weight is 359 g/mol. The molecule has 1 saturated carbocycles. The molecule has 0 spiro atoms. The first-order chi connectivity index (χ1) is 12.9. The van der Waals surface area contributed by atoms with E-state index in [1.54, 1.807) is 6.92 Å². The Bertz CT molecular complexity index is 1180. The van der Waals surface area contributed by atoms with Gasteiger partial charge < -0.3 is 5.11 Å². The van der Waals surface area contributed by atoms with E-state index in [-0.39, 0.29) is 11.3 Å². The molecule has 4 nitrogen and oxygen atoms in total. The van der Waals surface area contributed by atoms with Gasteiger partial charge in [-0.3, -0.25) is 14.2 Å². The first-order valence-electron chi connectivity index (χ1n) is 9.37. The van der Waals surface area contributed by atoms with Crippen molar-refractivity contribution < 1.29 is 9.90 Å². The van der Waals surface area contributed by atoms with Gasteiger partial charge in [-0.15, -0.1) is 0 Å². The van der Waals surface area contributed by atoms with Crippen LogP contribution in [0.3, 0.4) is 0 Å². The third kappa shape index (κ3) is 1.91. The number of Topliss-reactive ketones (excluding diaryl/α,β-unsaturated/α-hetero) is 1. The van der Waals surface area contributed by atoms with Crippen molar-refractivity contribution in [2.24, 2.45) is 5.41 Å². The maximum atomic E-state index is 13.4. The number of aromatic nitrogens is 1. The summed E-state index contributed by atoms with van der Waals surface area (Å²) in [7, 11) is 0. The largest absolute Gasteiger partial charge is 0.369 e. The van der Waals surface area contributed by atoms with E-state index in [0.29, 0.717) is 24.6 Å². The van der Waals surface area contributed by atoms with Gasteiger partial charge in [-0.2, -0.15) is 0 Å². The predicted octanol–water partition coefficient (Wildman–Crippen LogP) is 3.55. The number of rotatable bonds is 1. The number of hydrogen-bond acceptors (Lipinski definition) is 3. The van der Waals surface area contributed by atoms with Crippen molar-refractivity contribution in [3.8, 4) is 11.1 Å². The molecule has 3 aromatic rings. The third-order valence-corrected chi connectivity index (χ3v) is 6.59. The van der Waals surface area contributed by atoms with Crippen LogP contribution >= 0.6 is 0 Å². The van der Waals surface area contributed by atoms with Crippen LogP contribution in [0.4, 0.5) is 0 Å². The molecule has 0 radical (unpaired) electrons. The summed E-state index contributed by atoms with van der Waals surface area (Å²) in [6, 6.07) is 15.7. The fraction of sp³-hybridized carbons (Fsp3) is 0.304. The standard InChI is InChI=1S/C23H21NO3/c1-14-8-9-16-17(12-14)20(15-6-4-3-5-7-15)18-13-22(2)19(25)10-11-23(22,27)24(18)21(16)26/h3-9,12,27H,10-11,13H2,1-2H3/t22-,23-/m0/s1. The Morgan fingerprint density at radius 1 is 1.04 bits per heavy atom. The number of carbonyl (C=O) groups excluding carboxylic acids is 1. The number of aliphatic hydroxyl groups is 1. The Hall–Kier alpha value is -2.72. The van der Waals surface area contributed by atoms with Crippen molar-refractivity contribution in [2.45, 2.75) is 38.8 Å². The number of ketones is 1. The van der Waals surface area contributed by atoms with Gasteiger partial charge in [-0.25, -0.2) is 0 Å². The minimum Gasteiger partial charge on any atom is -0.369 e. The minimum absolute atomic E-state index is 0.0346. The van der Waals surface area contributed by atoms with Crippen molar-refractivity contribution in [1.29, 1.82) is 0 Å². The second-order valence-electron chi connectivity index (χ2n) is 8.13. The molecule has 2 aliphatic rings. The maximum Gasteiger partial charge on any atom is 0.261 e. The topological polar surface area (TPSA) is 59.3 Å². The highest BCUT2D eigenvalue weighted by molar-refractivity contribution is 5.99. The monoisotopic (exact) mass is 359 g/mol. The molecular formula is C23H21NO3. The number of fused-ring (bicyclic) bond motifs is 4. The smallest absolute Gasteiger partial charge is 0.261 e. The summed E-state index contributed by atoms with van der Waals surface area (Å²) in [5, 5.41) is 13.0. The van der Waals surface area contributed by atoms with E-state index in [0.717, 1.165) is 27.8 Å². The second kappa shape index (κ2) is 5.17. The molecular weight excluding hydrogens is 338 g/mol. The molecule has 1 fully saturated rings. The van der Waals surface area contributed by atoms with Gasteiger partial charge in [-0.1, -0.05) is 48.0 Å². The van der Waals surface area contributed by atoms with Crippen LogP contribution in [0, 0.1) is 12.3 Å². The Balaban J connectivity index is 1.98. The SMILES string of the molecule is Cc1ccc2c(=O)n3c(c(-c4ccccc4)c2c1)C[C@@]1(C)C(=O)CC[C@@]31O. The van der Waals surface area contributed by atoms with Crippen LogP contribution in [0.2, 0.25) is 0 Å². The molecule has 136 valence electrons. The lowest BCUT2D eigenvalue weighted by Crippen LogP contribution is -2.47. The van der Waals surface area contributed by atoms with E-state index in [9.17, 15) is 14.7 Å². The van der Waals surface area contributed by atoms with E-state index in [1.807, 2.05) is 55.5 Å². The molecule has 1 aromatic heterocycles. The number of pyridine rings is 1. The van der Waals surface area contributed by atoms with Crippen molar-refractivity contribution in [1.82, 2.24) is 4.57 Å². The number of aryl methyl sites for hydroxylation is 1. The van der Waals surface area contributed by atoms with Crippen LogP contribution in [0.5, 0.6) is 0 Å². The van der Waals surface area contributed by atoms with Crippen LogP contribution in [-0.4, -0.2) is 15.5 Å². The van der Waals surface area contributed by atoms with Gasteiger partial charge in [0.25, 0.3) is 5.56 Å². The molecule has 2 aromatic carbocycles. The molecule has 0 amide bonds. The molecule has 4 heteroatoms. The summed E-state index contributed by atoms with van der Waals surface area (Å²) in [5.74, 6) is 0.0346. The van der Waals surface area contributed by atoms with Crippen molar-refractivity contribution in [2.75, 3.05) is 0 Å². The molecule has 0 bridgehead atoms. The average Bonchev–Trinajstić information content (AvgIpc) is 3.02. The minimum atomic E-state index is -1.45. The molecule has 5 rings (SSSR count). The predicted molar refractivity (Wildman–Crippen MR) is 105 cm³/mol. The summed E-state index contributed by atoms with van der Waals surface area (Å²) >= 11 is 0. The van der Waals surface area contributed by atoms with E-state index in [4.69, 9.17) is 0 Å². The number of benzene rings is 2. The van der Waals surface area contributed by atoms with Gasteiger partial charge in [0.2, 0.25) is 0 Å². The van der Waals surface area contributed by atoms with Gasteiger partial charge in [0, 0.05) is 35.9 Å². The molecule has 2 atom stereocenters. The normalized spacial score (nSPS) is 26.4. The quantitative estimate of drug-likeness (QED) is 0.723. The zero-order chi connectivity index (χ0) is 19.0. The van der Waals surface area contributed by atoms with Gasteiger partial charge in [0.05, 0.1) is 5.41 Å². The Morgan fingerprint density at radius 3 is 2.52 bits per heavy atom. The second-order valence-corrected chi connectivity index (χ2v) is 8.13. The first kappa shape index (κ1) is 16.5. The molecule has 1 aliphatic carbocycles. The highest BCUT2D eigenvalue weighted by Gasteiger charge is 2.63. The fourth-order valence-electron chi connectivity index (χ4n) is 5.04. The van der Waals surface area contributed by atoms with Crippen molar-refractivity contribution >= 4 is 16.6 Å². The van der Waals surface area contributed by atoms with Gasteiger partial charge in [0.15, 0.2) is 5.72 Å². The molecule has 0 saturated heterocycles. The fourth-order valence-corrected chi connectivity index (χ4v) is 5.04. The Kier molecular flexibility index (Phi) is 3.15. The van der Waals surface area contributed by atoms with Crippen LogP contribution in [-0.2, 0) is 16.9 Å².